The number of hydrogen-bond acceptors (Lipinski definition) is 3. The number of carbonyl (C=O) groups excluding carboxylic acids is 1. The van der Waals surface area contributed by atoms with Crippen LogP contribution in [0, 0.1) is 0 Å². The number of likely N-dealkylation sites (N-methyl/N-ethyl adjacent to an activating group) is 1. The van der Waals surface area contributed by atoms with Gasteiger partial charge in [-0.2, -0.15) is 0 Å². The standard InChI is InChI=1S/C7H15NO3.ClH/c1-7(10)8(2)3-5-11-6-4-9;/h9H,3-6H2,1-2H3;1H. The highest BCUT2D eigenvalue weighted by atomic mass is 35.5. The fourth-order valence-electron chi connectivity index (χ4n) is 0.526. The van der Waals surface area contributed by atoms with Crippen LogP contribution in [0.3, 0.4) is 0 Å². The van der Waals surface area contributed by atoms with Gasteiger partial charge in [-0.3, -0.25) is 4.79 Å². The van der Waals surface area contributed by atoms with Crippen molar-refractivity contribution < 1.29 is 14.6 Å². The molecule has 0 unspecified atom stereocenters. The van der Waals surface area contributed by atoms with Crippen LogP contribution < -0.4 is 0 Å². The van der Waals surface area contributed by atoms with E-state index in [1.54, 1.807) is 11.9 Å². The van der Waals surface area contributed by atoms with Gasteiger partial charge in [-0.15, -0.1) is 12.4 Å². The van der Waals surface area contributed by atoms with Gasteiger partial charge < -0.3 is 14.7 Å². The highest BCUT2D eigenvalue weighted by Crippen LogP contribution is 1.83. The number of hydrogen-bond donors (Lipinski definition) is 1. The van der Waals surface area contributed by atoms with Gasteiger partial charge >= 0.3 is 0 Å². The second kappa shape index (κ2) is 8.77. The minimum Gasteiger partial charge on any atom is -0.394 e. The van der Waals surface area contributed by atoms with Gasteiger partial charge in [0, 0.05) is 20.5 Å². The quantitative estimate of drug-likeness (QED) is 0.626. The monoisotopic (exact) mass is 197 g/mol. The summed E-state index contributed by atoms with van der Waals surface area (Å²) in [6.07, 6.45) is 0. The molecule has 1 N–H and O–H groups in total. The van der Waals surface area contributed by atoms with Crippen LogP contribution in [0.1, 0.15) is 6.92 Å². The van der Waals surface area contributed by atoms with Crippen LogP contribution >= 0.6 is 12.4 Å². The summed E-state index contributed by atoms with van der Waals surface area (Å²) in [7, 11) is 1.71. The molecule has 1 amide bonds. The fourth-order valence-corrected chi connectivity index (χ4v) is 0.526. The van der Waals surface area contributed by atoms with E-state index < -0.39 is 0 Å². The van der Waals surface area contributed by atoms with Crippen molar-refractivity contribution in [1.29, 1.82) is 0 Å². The van der Waals surface area contributed by atoms with E-state index in [0.717, 1.165) is 0 Å². The summed E-state index contributed by atoms with van der Waals surface area (Å²) in [5, 5.41) is 8.34. The third-order valence-corrected chi connectivity index (χ3v) is 1.34. The van der Waals surface area contributed by atoms with Crippen LogP contribution in [-0.4, -0.2) is 49.3 Å². The topological polar surface area (TPSA) is 49.8 Å². The lowest BCUT2D eigenvalue weighted by atomic mass is 10.5. The number of aliphatic hydroxyl groups excluding tert-OH is 1. The van der Waals surface area contributed by atoms with Crippen molar-refractivity contribution in [1.82, 2.24) is 4.90 Å². The number of carbonyl (C=O) groups is 1. The van der Waals surface area contributed by atoms with Crippen LogP contribution in [0.5, 0.6) is 0 Å². The van der Waals surface area contributed by atoms with E-state index in [1.807, 2.05) is 0 Å². The van der Waals surface area contributed by atoms with E-state index >= 15 is 0 Å². The van der Waals surface area contributed by atoms with Crippen molar-refractivity contribution in [2.45, 2.75) is 6.92 Å². The molecule has 0 saturated heterocycles. The highest BCUT2D eigenvalue weighted by molar-refractivity contribution is 5.85. The van der Waals surface area contributed by atoms with Crippen molar-refractivity contribution in [3.8, 4) is 0 Å². The summed E-state index contributed by atoms with van der Waals surface area (Å²) in [6.45, 7) is 2.94. The molecule has 0 aromatic heterocycles. The molecule has 0 atom stereocenters. The maximum Gasteiger partial charge on any atom is 0.219 e. The van der Waals surface area contributed by atoms with Gasteiger partial charge in [0.05, 0.1) is 19.8 Å². The van der Waals surface area contributed by atoms with E-state index in [0.29, 0.717) is 19.8 Å². The number of amides is 1. The summed E-state index contributed by atoms with van der Waals surface area (Å²) < 4.78 is 4.96. The SMILES string of the molecule is CC(=O)N(C)CCOCCO.Cl. The zero-order valence-electron chi connectivity index (χ0n) is 7.45. The third kappa shape index (κ3) is 7.78. The van der Waals surface area contributed by atoms with E-state index in [9.17, 15) is 4.79 Å². The number of aliphatic hydroxyl groups is 1. The van der Waals surface area contributed by atoms with E-state index in [2.05, 4.69) is 0 Å². The molecule has 0 aliphatic rings. The minimum absolute atomic E-state index is 0. The third-order valence-electron chi connectivity index (χ3n) is 1.34. The Morgan fingerprint density at radius 1 is 1.50 bits per heavy atom. The Morgan fingerprint density at radius 3 is 2.50 bits per heavy atom. The summed E-state index contributed by atoms with van der Waals surface area (Å²) in [4.78, 5) is 12.2. The lowest BCUT2D eigenvalue weighted by Crippen LogP contribution is -2.27. The first-order valence-electron chi connectivity index (χ1n) is 3.58. The van der Waals surface area contributed by atoms with Crippen LogP contribution in [0.25, 0.3) is 0 Å². The zero-order valence-corrected chi connectivity index (χ0v) is 8.26. The smallest absolute Gasteiger partial charge is 0.219 e. The predicted molar refractivity (Wildman–Crippen MR) is 48.5 cm³/mol. The number of halogens is 1. The molecule has 0 spiro atoms. The molecule has 5 heteroatoms. The van der Waals surface area contributed by atoms with Crippen LogP contribution in [-0.2, 0) is 9.53 Å². The molecule has 0 aliphatic heterocycles. The van der Waals surface area contributed by atoms with Gasteiger partial charge in [-0.25, -0.2) is 0 Å². The van der Waals surface area contributed by atoms with Crippen LogP contribution in [0.15, 0.2) is 0 Å². The first-order chi connectivity index (χ1) is 5.18. The molecular weight excluding hydrogens is 182 g/mol. The Bertz CT molecular complexity index is 121. The average Bonchev–Trinajstić information content (AvgIpc) is 1.97. The van der Waals surface area contributed by atoms with E-state index in [1.165, 1.54) is 6.92 Å². The molecule has 0 aromatic carbocycles. The Hall–Kier alpha value is -0.320. The summed E-state index contributed by atoms with van der Waals surface area (Å²) >= 11 is 0. The van der Waals surface area contributed by atoms with E-state index in [4.69, 9.17) is 9.84 Å². The maximum absolute atomic E-state index is 10.6. The Balaban J connectivity index is 0. The Labute approximate surface area is 78.9 Å². The lowest BCUT2D eigenvalue weighted by Gasteiger charge is -2.13. The second-order valence-corrected chi connectivity index (χ2v) is 2.28. The fraction of sp³-hybridized carbons (Fsp3) is 0.857. The largest absolute Gasteiger partial charge is 0.394 e. The zero-order chi connectivity index (χ0) is 8.69. The van der Waals surface area contributed by atoms with Crippen molar-refractivity contribution >= 4 is 18.3 Å². The lowest BCUT2D eigenvalue weighted by molar-refractivity contribution is -0.128. The molecule has 0 heterocycles. The average molecular weight is 198 g/mol. The Morgan fingerprint density at radius 2 is 2.08 bits per heavy atom. The van der Waals surface area contributed by atoms with Gasteiger partial charge in [0.25, 0.3) is 0 Å². The van der Waals surface area contributed by atoms with Gasteiger partial charge in [-0.1, -0.05) is 0 Å². The minimum atomic E-state index is 0. The van der Waals surface area contributed by atoms with Gasteiger partial charge in [0.1, 0.15) is 0 Å². The first kappa shape index (κ1) is 14.2. The molecule has 0 aliphatic carbocycles. The number of rotatable bonds is 5. The molecular formula is C7H16ClNO3. The number of ether oxygens (including phenoxy) is 1. The van der Waals surface area contributed by atoms with Crippen molar-refractivity contribution in [3.63, 3.8) is 0 Å². The molecule has 4 nitrogen and oxygen atoms in total. The molecule has 12 heavy (non-hydrogen) atoms. The second-order valence-electron chi connectivity index (χ2n) is 2.28. The molecule has 0 fully saturated rings. The molecule has 0 radical (unpaired) electrons. The summed E-state index contributed by atoms with van der Waals surface area (Å²) in [5.41, 5.74) is 0. The summed E-state index contributed by atoms with van der Waals surface area (Å²) in [6, 6.07) is 0. The van der Waals surface area contributed by atoms with E-state index in [-0.39, 0.29) is 24.9 Å². The number of nitrogens with zero attached hydrogens (tertiary/aromatic N) is 1. The predicted octanol–water partition coefficient (Wildman–Crippen LogP) is -0.105. The van der Waals surface area contributed by atoms with Crippen molar-refractivity contribution in [2.24, 2.45) is 0 Å². The molecule has 0 rings (SSSR count). The van der Waals surface area contributed by atoms with Crippen LogP contribution in [0.4, 0.5) is 0 Å². The van der Waals surface area contributed by atoms with Gasteiger partial charge in [0.15, 0.2) is 0 Å². The maximum atomic E-state index is 10.6. The molecule has 74 valence electrons. The normalized spacial score (nSPS) is 8.92. The van der Waals surface area contributed by atoms with Crippen LogP contribution in [0.2, 0.25) is 0 Å². The summed E-state index contributed by atoms with van der Waals surface area (Å²) in [5.74, 6) is 0.0256. The molecule has 0 aromatic rings. The molecule has 0 bridgehead atoms. The molecule has 0 saturated carbocycles. The van der Waals surface area contributed by atoms with Gasteiger partial charge in [-0.05, 0) is 0 Å². The highest BCUT2D eigenvalue weighted by Gasteiger charge is 1.99. The van der Waals surface area contributed by atoms with Crippen molar-refractivity contribution in [2.75, 3.05) is 33.4 Å². The Kier molecular flexibility index (Phi) is 10.4. The first-order valence-corrected chi connectivity index (χ1v) is 3.58. The van der Waals surface area contributed by atoms with Crippen molar-refractivity contribution in [3.05, 3.63) is 0 Å². The van der Waals surface area contributed by atoms with Gasteiger partial charge in [0.2, 0.25) is 5.91 Å².